The summed E-state index contributed by atoms with van der Waals surface area (Å²) in [6.07, 6.45) is 2.47. The SMILES string of the molecule is Cc1cccc(Cn2nc(C)c3c(NC(=O)c4cnc5cc(OCCN6CCN(C(=O)O)C(C(C)(C)C)C6)ccn45)cccc32)n1. The monoisotopic (exact) mass is 624 g/mol. The van der Waals surface area contributed by atoms with Gasteiger partial charge in [-0.3, -0.25) is 23.8 Å². The zero-order valence-electron chi connectivity index (χ0n) is 26.9. The van der Waals surface area contributed by atoms with E-state index in [0.717, 1.165) is 28.0 Å². The number of fused-ring (bicyclic) bond motifs is 2. The van der Waals surface area contributed by atoms with Gasteiger partial charge in [-0.05, 0) is 49.6 Å². The van der Waals surface area contributed by atoms with Gasteiger partial charge in [0, 0.05) is 49.5 Å². The van der Waals surface area contributed by atoms with E-state index in [9.17, 15) is 14.7 Å². The maximum absolute atomic E-state index is 13.5. The number of pyridine rings is 2. The molecule has 1 fully saturated rings. The van der Waals surface area contributed by atoms with Gasteiger partial charge in [-0.1, -0.05) is 32.9 Å². The minimum absolute atomic E-state index is 0.0902. The summed E-state index contributed by atoms with van der Waals surface area (Å²) in [6, 6.07) is 15.3. The second kappa shape index (κ2) is 12.4. The molecule has 1 aliphatic rings. The highest BCUT2D eigenvalue weighted by Gasteiger charge is 2.37. The number of carboxylic acid groups (broad SMARTS) is 1. The summed E-state index contributed by atoms with van der Waals surface area (Å²) in [7, 11) is 0. The Kier molecular flexibility index (Phi) is 8.39. The van der Waals surface area contributed by atoms with Crippen molar-refractivity contribution >= 4 is 34.2 Å². The van der Waals surface area contributed by atoms with E-state index in [1.165, 1.54) is 0 Å². The van der Waals surface area contributed by atoms with Crippen LogP contribution in [0.25, 0.3) is 16.6 Å². The van der Waals surface area contributed by atoms with Gasteiger partial charge in [-0.2, -0.15) is 5.10 Å². The van der Waals surface area contributed by atoms with Gasteiger partial charge in [-0.25, -0.2) is 9.78 Å². The zero-order chi connectivity index (χ0) is 32.6. The van der Waals surface area contributed by atoms with Crippen LogP contribution in [-0.2, 0) is 6.54 Å². The summed E-state index contributed by atoms with van der Waals surface area (Å²) in [6.45, 7) is 13.6. The molecule has 240 valence electrons. The number of anilines is 1. The van der Waals surface area contributed by atoms with Gasteiger partial charge >= 0.3 is 6.09 Å². The van der Waals surface area contributed by atoms with Crippen molar-refractivity contribution in [2.24, 2.45) is 5.41 Å². The van der Waals surface area contributed by atoms with Gasteiger partial charge in [0.05, 0.1) is 41.4 Å². The average Bonchev–Trinajstić information content (AvgIpc) is 3.57. The molecule has 12 heteroatoms. The number of imidazole rings is 1. The molecule has 1 aliphatic heterocycles. The highest BCUT2D eigenvalue weighted by atomic mass is 16.5. The fraction of sp³-hybridized carbons (Fsp3) is 0.382. The Morgan fingerprint density at radius 2 is 1.89 bits per heavy atom. The van der Waals surface area contributed by atoms with E-state index >= 15 is 0 Å². The molecule has 1 atom stereocenters. The fourth-order valence-corrected chi connectivity index (χ4v) is 6.20. The van der Waals surface area contributed by atoms with Gasteiger partial charge in [0.2, 0.25) is 0 Å². The first-order valence-corrected chi connectivity index (χ1v) is 15.5. The predicted molar refractivity (Wildman–Crippen MR) is 176 cm³/mol. The number of nitrogens with zero attached hydrogens (tertiary/aromatic N) is 7. The number of aromatic nitrogens is 5. The maximum Gasteiger partial charge on any atom is 0.407 e. The van der Waals surface area contributed by atoms with Crippen LogP contribution in [0.2, 0.25) is 0 Å². The maximum atomic E-state index is 13.5. The van der Waals surface area contributed by atoms with Crippen LogP contribution in [0.5, 0.6) is 5.75 Å². The van der Waals surface area contributed by atoms with E-state index in [1.54, 1.807) is 21.7 Å². The van der Waals surface area contributed by atoms with Crippen molar-refractivity contribution in [2.45, 2.75) is 47.2 Å². The number of amides is 2. The molecule has 0 saturated carbocycles. The lowest BCUT2D eigenvalue weighted by Crippen LogP contribution is -2.59. The number of ether oxygens (including phenoxy) is 1. The molecule has 5 heterocycles. The summed E-state index contributed by atoms with van der Waals surface area (Å²) in [5.74, 6) is 0.368. The van der Waals surface area contributed by atoms with E-state index < -0.39 is 6.09 Å². The lowest BCUT2D eigenvalue weighted by atomic mass is 9.84. The molecule has 46 heavy (non-hydrogen) atoms. The molecule has 12 nitrogen and oxygen atoms in total. The molecule has 1 saturated heterocycles. The minimum atomic E-state index is -0.869. The number of aryl methyl sites for hydroxylation is 2. The van der Waals surface area contributed by atoms with Crippen LogP contribution in [0, 0.1) is 19.3 Å². The Hall–Kier alpha value is -4.97. The number of benzene rings is 1. The Balaban J connectivity index is 1.11. The van der Waals surface area contributed by atoms with Crippen LogP contribution in [0.4, 0.5) is 10.5 Å². The van der Waals surface area contributed by atoms with E-state index in [4.69, 9.17) is 9.84 Å². The van der Waals surface area contributed by atoms with Crippen molar-refractivity contribution < 1.29 is 19.4 Å². The van der Waals surface area contributed by atoms with E-state index in [2.05, 4.69) is 41.0 Å². The number of hydrogen-bond donors (Lipinski definition) is 2. The van der Waals surface area contributed by atoms with Gasteiger partial charge in [0.1, 0.15) is 23.7 Å². The van der Waals surface area contributed by atoms with Crippen LogP contribution in [0.15, 0.2) is 60.9 Å². The Labute approximate surface area is 267 Å². The van der Waals surface area contributed by atoms with Gasteiger partial charge in [0.25, 0.3) is 5.91 Å². The van der Waals surface area contributed by atoms with Crippen LogP contribution in [0.3, 0.4) is 0 Å². The molecule has 1 unspecified atom stereocenters. The third-order valence-electron chi connectivity index (χ3n) is 8.56. The first kappa shape index (κ1) is 31.0. The summed E-state index contributed by atoms with van der Waals surface area (Å²) in [4.78, 5) is 38.1. The van der Waals surface area contributed by atoms with Crippen LogP contribution >= 0.6 is 0 Å². The molecule has 0 radical (unpaired) electrons. The normalized spacial score (nSPS) is 15.8. The van der Waals surface area contributed by atoms with E-state index in [0.29, 0.717) is 62.1 Å². The molecule has 0 bridgehead atoms. The molecule has 0 spiro atoms. The topological polar surface area (TPSA) is 130 Å². The third kappa shape index (κ3) is 6.38. The highest BCUT2D eigenvalue weighted by molar-refractivity contribution is 6.08. The Morgan fingerprint density at radius 3 is 2.65 bits per heavy atom. The largest absolute Gasteiger partial charge is 0.492 e. The molecule has 4 aromatic heterocycles. The zero-order valence-corrected chi connectivity index (χ0v) is 26.9. The molecule has 5 aromatic rings. The van der Waals surface area contributed by atoms with E-state index in [-0.39, 0.29) is 17.4 Å². The van der Waals surface area contributed by atoms with Crippen molar-refractivity contribution in [3.63, 3.8) is 0 Å². The third-order valence-corrected chi connectivity index (χ3v) is 8.56. The van der Waals surface area contributed by atoms with Crippen LogP contribution in [-0.4, -0.2) is 89.9 Å². The number of carbonyl (C=O) groups is 2. The summed E-state index contributed by atoms with van der Waals surface area (Å²) in [5.41, 5.74) is 5.10. The first-order chi connectivity index (χ1) is 22.0. The number of carbonyl (C=O) groups excluding carboxylic acids is 1. The van der Waals surface area contributed by atoms with Crippen LogP contribution in [0.1, 0.15) is 48.3 Å². The predicted octanol–water partition coefficient (Wildman–Crippen LogP) is 5.09. The van der Waals surface area contributed by atoms with Crippen molar-refractivity contribution in [3.05, 3.63) is 83.7 Å². The summed E-state index contributed by atoms with van der Waals surface area (Å²) >= 11 is 0. The average molecular weight is 625 g/mol. The number of rotatable bonds is 8. The highest BCUT2D eigenvalue weighted by Crippen LogP contribution is 2.29. The molecule has 2 amide bonds. The summed E-state index contributed by atoms with van der Waals surface area (Å²) in [5, 5.41) is 18.3. The lowest BCUT2D eigenvalue weighted by molar-refractivity contribution is 0.0179. The standard InChI is InChI=1S/C34H40N8O4/c1-22-8-6-9-24(36-22)20-42-27-11-7-10-26(31(27)23(2)38-42)37-32(43)28-19-35-30-18-25(12-13-40(28)30)46-17-16-39-14-15-41(33(44)45)29(21-39)34(3,4)5/h6-13,18-19,29H,14-17,20-21H2,1-5H3,(H,37,43)(H,44,45). The summed E-state index contributed by atoms with van der Waals surface area (Å²) < 4.78 is 9.70. The van der Waals surface area contributed by atoms with Crippen molar-refractivity contribution in [2.75, 3.05) is 38.1 Å². The molecule has 1 aromatic carbocycles. The molecule has 0 aliphatic carbocycles. The Bertz CT molecular complexity index is 1910. The smallest absolute Gasteiger partial charge is 0.407 e. The van der Waals surface area contributed by atoms with Crippen molar-refractivity contribution in [1.29, 1.82) is 0 Å². The lowest BCUT2D eigenvalue weighted by Gasteiger charge is -2.45. The van der Waals surface area contributed by atoms with Gasteiger partial charge in [0.15, 0.2) is 0 Å². The van der Waals surface area contributed by atoms with E-state index in [1.807, 2.05) is 67.1 Å². The van der Waals surface area contributed by atoms with Crippen LogP contribution < -0.4 is 10.1 Å². The molecule has 6 rings (SSSR count). The van der Waals surface area contributed by atoms with Crippen molar-refractivity contribution in [1.82, 2.24) is 33.9 Å². The Morgan fingerprint density at radius 1 is 1.09 bits per heavy atom. The number of piperazine rings is 1. The molecular weight excluding hydrogens is 584 g/mol. The second-order valence-corrected chi connectivity index (χ2v) is 12.9. The first-order valence-electron chi connectivity index (χ1n) is 15.5. The fourth-order valence-electron chi connectivity index (χ4n) is 6.20. The molecule has 2 N–H and O–H groups in total. The van der Waals surface area contributed by atoms with Gasteiger partial charge in [-0.15, -0.1) is 0 Å². The number of hydrogen-bond acceptors (Lipinski definition) is 7. The number of nitrogens with one attached hydrogen (secondary N) is 1. The van der Waals surface area contributed by atoms with Crippen molar-refractivity contribution in [3.8, 4) is 5.75 Å². The minimum Gasteiger partial charge on any atom is -0.492 e. The second-order valence-electron chi connectivity index (χ2n) is 12.9. The molecular formula is C34H40N8O4. The van der Waals surface area contributed by atoms with Gasteiger partial charge < -0.3 is 20.1 Å². The quantitative estimate of drug-likeness (QED) is 0.244.